The number of rotatable bonds is 6. The number of anilines is 1. The van der Waals surface area contributed by atoms with Gasteiger partial charge in [-0.2, -0.15) is 0 Å². The van der Waals surface area contributed by atoms with Gasteiger partial charge in [-0.3, -0.25) is 9.78 Å². The summed E-state index contributed by atoms with van der Waals surface area (Å²) < 4.78 is 5.52. The first-order valence-corrected chi connectivity index (χ1v) is 12.8. The van der Waals surface area contributed by atoms with E-state index >= 15 is 0 Å². The lowest BCUT2D eigenvalue weighted by Gasteiger charge is -2.26. The first kappa shape index (κ1) is 24.3. The molecule has 36 heavy (non-hydrogen) atoms. The van der Waals surface area contributed by atoms with Gasteiger partial charge in [0.25, 0.3) is 5.91 Å². The lowest BCUT2D eigenvalue weighted by Crippen LogP contribution is -2.30. The second-order valence-electron chi connectivity index (χ2n) is 8.59. The number of benzene rings is 3. The number of likely N-dealkylation sites (N-methyl/N-ethyl adjacent to an activating group) is 1. The highest BCUT2D eigenvalue weighted by Gasteiger charge is 2.26. The van der Waals surface area contributed by atoms with E-state index in [0.717, 1.165) is 44.9 Å². The van der Waals surface area contributed by atoms with Gasteiger partial charge in [-0.25, -0.2) is 4.79 Å². The van der Waals surface area contributed by atoms with Crippen molar-refractivity contribution in [3.05, 3.63) is 94.6 Å². The highest BCUT2D eigenvalue weighted by molar-refractivity contribution is 7.99. The first-order valence-electron chi connectivity index (χ1n) is 11.6. The number of esters is 1. The molecule has 0 atom stereocenters. The summed E-state index contributed by atoms with van der Waals surface area (Å²) in [4.78, 5) is 34.8. The number of hydrogen-bond acceptors (Lipinski definition) is 6. The van der Waals surface area contributed by atoms with Gasteiger partial charge in [0.1, 0.15) is 0 Å². The van der Waals surface area contributed by atoms with Crippen molar-refractivity contribution in [2.45, 2.75) is 22.8 Å². The monoisotopic (exact) mass is 517 g/mol. The number of amides is 1. The molecule has 8 heteroatoms. The molecule has 182 valence electrons. The fraction of sp³-hybridized carbons (Fsp3) is 0.179. The van der Waals surface area contributed by atoms with Crippen LogP contribution in [0.3, 0.4) is 0 Å². The Labute approximate surface area is 218 Å². The van der Waals surface area contributed by atoms with E-state index in [0.29, 0.717) is 22.8 Å². The average molecular weight is 518 g/mol. The number of carbonyl (C=O) groups excluding carboxylic acids is 2. The van der Waals surface area contributed by atoms with E-state index < -0.39 is 11.9 Å². The summed E-state index contributed by atoms with van der Waals surface area (Å²) in [6.45, 7) is 1.10. The third kappa shape index (κ3) is 5.38. The van der Waals surface area contributed by atoms with Crippen molar-refractivity contribution in [3.8, 4) is 0 Å². The van der Waals surface area contributed by atoms with E-state index in [-0.39, 0.29) is 6.61 Å². The minimum absolute atomic E-state index is 0.389. The van der Waals surface area contributed by atoms with Gasteiger partial charge in [0.05, 0.1) is 16.8 Å². The van der Waals surface area contributed by atoms with Crippen molar-refractivity contribution in [2.24, 2.45) is 0 Å². The zero-order chi connectivity index (χ0) is 25.1. The zero-order valence-electron chi connectivity index (χ0n) is 19.7. The quantitative estimate of drug-likeness (QED) is 0.325. The van der Waals surface area contributed by atoms with Crippen LogP contribution in [0.5, 0.6) is 0 Å². The van der Waals surface area contributed by atoms with Crippen LogP contribution in [0.2, 0.25) is 5.02 Å². The van der Waals surface area contributed by atoms with Gasteiger partial charge in [0.15, 0.2) is 6.61 Å². The van der Waals surface area contributed by atoms with Gasteiger partial charge >= 0.3 is 5.97 Å². The predicted octanol–water partition coefficient (Wildman–Crippen LogP) is 5.82. The van der Waals surface area contributed by atoms with Gasteiger partial charge < -0.3 is 15.0 Å². The van der Waals surface area contributed by atoms with Crippen LogP contribution in [-0.4, -0.2) is 42.0 Å². The number of pyridine rings is 1. The van der Waals surface area contributed by atoms with Crippen LogP contribution in [0, 0.1) is 0 Å². The minimum atomic E-state index is -0.515. The predicted molar refractivity (Wildman–Crippen MR) is 143 cm³/mol. The van der Waals surface area contributed by atoms with Crippen LogP contribution < -0.4 is 5.32 Å². The van der Waals surface area contributed by atoms with Gasteiger partial charge in [-0.05, 0) is 49.5 Å². The number of nitrogens with one attached hydrogen (secondary N) is 1. The highest BCUT2D eigenvalue weighted by Crippen LogP contribution is 2.34. The second kappa shape index (κ2) is 10.7. The number of halogens is 1. The van der Waals surface area contributed by atoms with Gasteiger partial charge in [0, 0.05) is 51.0 Å². The summed E-state index contributed by atoms with van der Waals surface area (Å²) in [6, 6.07) is 22.5. The summed E-state index contributed by atoms with van der Waals surface area (Å²) in [6.07, 6.45) is 0.763. The molecule has 6 nitrogen and oxygen atoms in total. The lowest BCUT2D eigenvalue weighted by molar-refractivity contribution is -0.119. The molecule has 0 unspecified atom stereocenters. The van der Waals surface area contributed by atoms with Crippen molar-refractivity contribution in [3.63, 3.8) is 0 Å². The molecule has 1 aromatic heterocycles. The molecule has 0 bridgehead atoms. The fourth-order valence-electron chi connectivity index (χ4n) is 4.24. The maximum Gasteiger partial charge on any atom is 0.339 e. The summed E-state index contributed by atoms with van der Waals surface area (Å²) >= 11 is 7.49. The number of fused-ring (bicyclic) bond motifs is 2. The van der Waals surface area contributed by atoms with Crippen LogP contribution >= 0.6 is 23.4 Å². The van der Waals surface area contributed by atoms with Crippen LogP contribution in [-0.2, 0) is 22.5 Å². The van der Waals surface area contributed by atoms with Crippen LogP contribution in [0.1, 0.15) is 21.6 Å². The molecule has 0 radical (unpaired) electrons. The van der Waals surface area contributed by atoms with Crippen molar-refractivity contribution < 1.29 is 14.3 Å². The highest BCUT2D eigenvalue weighted by atomic mass is 35.5. The van der Waals surface area contributed by atoms with E-state index in [4.69, 9.17) is 21.3 Å². The Morgan fingerprint density at radius 3 is 2.64 bits per heavy atom. The molecule has 1 N–H and O–H groups in total. The Hall–Kier alpha value is -3.39. The van der Waals surface area contributed by atoms with Crippen LogP contribution in [0.25, 0.3) is 10.9 Å². The molecule has 2 heterocycles. The SMILES string of the molecule is CN1CCc2nc3ccccc3c(C(=O)OCC(=O)Nc3ccccc3Sc3ccc(Cl)cc3)c2C1. The molecule has 0 spiro atoms. The second-order valence-corrected chi connectivity index (χ2v) is 10.1. The number of para-hydroxylation sites is 2. The molecular formula is C28H24ClN3O3S. The van der Waals surface area contributed by atoms with E-state index in [9.17, 15) is 9.59 Å². The standard InChI is InChI=1S/C28H24ClN3O3S/c1-32-15-14-23-21(16-32)27(20-6-2-3-7-22(20)30-23)28(34)35-17-26(33)31-24-8-4-5-9-25(24)36-19-12-10-18(29)11-13-19/h2-13H,14-17H2,1H3,(H,31,33). The fourth-order valence-corrected chi connectivity index (χ4v) is 5.26. The molecule has 0 saturated heterocycles. The van der Waals surface area contributed by atoms with Crippen molar-refractivity contribution >= 4 is 51.8 Å². The summed E-state index contributed by atoms with van der Waals surface area (Å²) in [7, 11) is 2.01. The molecular weight excluding hydrogens is 494 g/mol. The number of ether oxygens (including phenoxy) is 1. The molecule has 3 aromatic carbocycles. The topological polar surface area (TPSA) is 71.5 Å². The molecule has 0 aliphatic carbocycles. The molecule has 0 fully saturated rings. The Morgan fingerprint density at radius 1 is 1.06 bits per heavy atom. The number of hydrogen-bond donors (Lipinski definition) is 1. The molecule has 1 amide bonds. The molecule has 5 rings (SSSR count). The summed E-state index contributed by atoms with van der Waals surface area (Å²) in [5.41, 5.74) is 3.68. The maximum absolute atomic E-state index is 13.3. The molecule has 0 saturated carbocycles. The lowest BCUT2D eigenvalue weighted by atomic mass is 9.96. The third-order valence-corrected chi connectivity index (χ3v) is 7.31. The smallest absolute Gasteiger partial charge is 0.339 e. The van der Waals surface area contributed by atoms with E-state index in [1.165, 1.54) is 11.8 Å². The minimum Gasteiger partial charge on any atom is -0.452 e. The maximum atomic E-state index is 13.3. The normalized spacial score (nSPS) is 13.3. The number of carbonyl (C=O) groups is 2. The van der Waals surface area contributed by atoms with E-state index in [2.05, 4.69) is 10.2 Å². The largest absolute Gasteiger partial charge is 0.452 e. The Bertz CT molecular complexity index is 1440. The number of aromatic nitrogens is 1. The first-order chi connectivity index (χ1) is 17.5. The Kier molecular flexibility index (Phi) is 7.23. The van der Waals surface area contributed by atoms with Crippen LogP contribution in [0.4, 0.5) is 5.69 Å². The number of nitrogens with zero attached hydrogens (tertiary/aromatic N) is 2. The Morgan fingerprint density at radius 2 is 1.81 bits per heavy atom. The molecule has 1 aliphatic heterocycles. The third-order valence-electron chi connectivity index (χ3n) is 5.98. The zero-order valence-corrected chi connectivity index (χ0v) is 21.2. The molecule has 1 aliphatic rings. The van der Waals surface area contributed by atoms with Crippen molar-refractivity contribution in [2.75, 3.05) is 25.5 Å². The van der Waals surface area contributed by atoms with Gasteiger partial charge in [0.2, 0.25) is 0 Å². The van der Waals surface area contributed by atoms with Crippen LogP contribution in [0.15, 0.2) is 82.6 Å². The van der Waals surface area contributed by atoms with Gasteiger partial charge in [-0.1, -0.05) is 53.7 Å². The van der Waals surface area contributed by atoms with Crippen molar-refractivity contribution in [1.82, 2.24) is 9.88 Å². The Balaban J connectivity index is 1.31. The van der Waals surface area contributed by atoms with E-state index in [1.807, 2.05) is 79.8 Å². The molecule has 4 aromatic rings. The van der Waals surface area contributed by atoms with Crippen molar-refractivity contribution in [1.29, 1.82) is 0 Å². The summed E-state index contributed by atoms with van der Waals surface area (Å²) in [5, 5.41) is 4.27. The van der Waals surface area contributed by atoms with E-state index in [1.54, 1.807) is 0 Å². The average Bonchev–Trinajstić information content (AvgIpc) is 2.88. The van der Waals surface area contributed by atoms with Gasteiger partial charge in [-0.15, -0.1) is 0 Å². The summed E-state index contributed by atoms with van der Waals surface area (Å²) in [5.74, 6) is -0.920.